The van der Waals surface area contributed by atoms with E-state index in [1.54, 1.807) is 0 Å². The van der Waals surface area contributed by atoms with Crippen molar-refractivity contribution in [3.8, 4) is 0 Å². The monoisotopic (exact) mass is 235 g/mol. The molecule has 2 nitrogen and oxygen atoms in total. The molecule has 0 aliphatic carbocycles. The molecule has 1 atom stereocenters. The van der Waals surface area contributed by atoms with Crippen LogP contribution in [0.5, 0.6) is 0 Å². The van der Waals surface area contributed by atoms with E-state index in [1.807, 2.05) is 19.2 Å². The molecule has 1 aromatic carbocycles. The minimum Gasteiger partial charge on any atom is -0.387 e. The van der Waals surface area contributed by atoms with Gasteiger partial charge in [0.05, 0.1) is 6.10 Å². The summed E-state index contributed by atoms with van der Waals surface area (Å²) in [6, 6.07) is 8.36. The molecule has 1 aromatic rings. The number of aliphatic hydroxyl groups is 1. The Bertz CT molecular complexity index is 294. The molecule has 0 radical (unpaired) electrons. The zero-order valence-corrected chi connectivity index (χ0v) is 11.1. The van der Waals surface area contributed by atoms with Gasteiger partial charge in [-0.1, -0.05) is 50.5 Å². The number of aliphatic hydroxyl groups excluding tert-OH is 1. The minimum absolute atomic E-state index is 0.394. The molecule has 17 heavy (non-hydrogen) atoms. The van der Waals surface area contributed by atoms with E-state index in [9.17, 15) is 5.11 Å². The summed E-state index contributed by atoms with van der Waals surface area (Å²) in [4.78, 5) is 0. The fraction of sp³-hybridized carbons (Fsp3) is 0.600. The van der Waals surface area contributed by atoms with E-state index in [0.717, 1.165) is 12.0 Å². The Balaban J connectivity index is 2.39. The minimum atomic E-state index is -0.394. The Hall–Kier alpha value is -0.860. The molecule has 0 bridgehead atoms. The number of aryl methyl sites for hydroxylation is 1. The molecule has 0 saturated heterocycles. The van der Waals surface area contributed by atoms with Gasteiger partial charge in [0.15, 0.2) is 0 Å². The lowest BCUT2D eigenvalue weighted by Gasteiger charge is -2.10. The number of benzene rings is 1. The Kier molecular flexibility index (Phi) is 6.90. The van der Waals surface area contributed by atoms with E-state index in [4.69, 9.17) is 0 Å². The van der Waals surface area contributed by atoms with E-state index in [-0.39, 0.29) is 0 Å². The summed E-state index contributed by atoms with van der Waals surface area (Å²) in [6.07, 6.45) is 5.97. The zero-order valence-electron chi connectivity index (χ0n) is 11.1. The highest BCUT2D eigenvalue weighted by Crippen LogP contribution is 2.14. The molecule has 0 fully saturated rings. The maximum absolute atomic E-state index is 9.79. The first kappa shape index (κ1) is 14.2. The van der Waals surface area contributed by atoms with Crippen molar-refractivity contribution in [2.75, 3.05) is 13.6 Å². The topological polar surface area (TPSA) is 32.3 Å². The van der Waals surface area contributed by atoms with Crippen molar-refractivity contribution in [3.63, 3.8) is 0 Å². The van der Waals surface area contributed by atoms with E-state index >= 15 is 0 Å². The molecule has 2 heteroatoms. The van der Waals surface area contributed by atoms with Crippen LogP contribution in [0.15, 0.2) is 24.3 Å². The zero-order chi connectivity index (χ0) is 12.5. The van der Waals surface area contributed by atoms with Gasteiger partial charge in [-0.15, -0.1) is 0 Å². The Morgan fingerprint density at radius 3 is 2.41 bits per heavy atom. The highest BCUT2D eigenvalue weighted by molar-refractivity contribution is 5.24. The van der Waals surface area contributed by atoms with Gasteiger partial charge in [-0.2, -0.15) is 0 Å². The quantitative estimate of drug-likeness (QED) is 0.679. The molecular weight excluding hydrogens is 210 g/mol. The average molecular weight is 235 g/mol. The van der Waals surface area contributed by atoms with Gasteiger partial charge >= 0.3 is 0 Å². The number of rotatable bonds is 8. The average Bonchev–Trinajstić information content (AvgIpc) is 2.36. The van der Waals surface area contributed by atoms with Crippen molar-refractivity contribution in [2.45, 2.75) is 45.1 Å². The number of hydrogen-bond donors (Lipinski definition) is 2. The molecule has 1 rings (SSSR count). The van der Waals surface area contributed by atoms with Crippen LogP contribution in [-0.4, -0.2) is 18.7 Å². The van der Waals surface area contributed by atoms with E-state index in [1.165, 1.54) is 31.2 Å². The Morgan fingerprint density at radius 1 is 1.12 bits per heavy atom. The first-order valence-electron chi connectivity index (χ1n) is 6.69. The predicted molar refractivity (Wildman–Crippen MR) is 73.2 cm³/mol. The maximum atomic E-state index is 9.79. The summed E-state index contributed by atoms with van der Waals surface area (Å²) >= 11 is 0. The second-order valence-electron chi connectivity index (χ2n) is 4.63. The summed E-state index contributed by atoms with van der Waals surface area (Å²) in [7, 11) is 1.85. The number of likely N-dealkylation sites (N-methyl/N-ethyl adjacent to an activating group) is 1. The molecular formula is C15H25NO. The summed E-state index contributed by atoms with van der Waals surface area (Å²) in [5, 5.41) is 12.8. The summed E-state index contributed by atoms with van der Waals surface area (Å²) < 4.78 is 0. The van der Waals surface area contributed by atoms with Crippen molar-refractivity contribution in [3.05, 3.63) is 35.4 Å². The van der Waals surface area contributed by atoms with Crippen LogP contribution in [0.1, 0.15) is 49.8 Å². The Morgan fingerprint density at radius 2 is 1.82 bits per heavy atom. The Labute approximate surface area is 105 Å². The molecule has 0 aromatic heterocycles. The van der Waals surface area contributed by atoms with Crippen LogP contribution in [0.4, 0.5) is 0 Å². The van der Waals surface area contributed by atoms with Crippen LogP contribution in [0.25, 0.3) is 0 Å². The van der Waals surface area contributed by atoms with Gasteiger partial charge in [0.2, 0.25) is 0 Å². The van der Waals surface area contributed by atoms with E-state index in [0.29, 0.717) is 6.54 Å². The smallest absolute Gasteiger partial charge is 0.0914 e. The van der Waals surface area contributed by atoms with Crippen LogP contribution < -0.4 is 5.32 Å². The lowest BCUT2D eigenvalue weighted by atomic mass is 10.0. The van der Waals surface area contributed by atoms with Gasteiger partial charge in [-0.3, -0.25) is 0 Å². The molecule has 96 valence electrons. The number of hydrogen-bond acceptors (Lipinski definition) is 2. The van der Waals surface area contributed by atoms with E-state index < -0.39 is 6.10 Å². The molecule has 0 aliphatic rings. The summed E-state index contributed by atoms with van der Waals surface area (Å²) in [5.41, 5.74) is 2.37. The van der Waals surface area contributed by atoms with Gasteiger partial charge in [-0.05, 0) is 31.0 Å². The molecule has 0 saturated carbocycles. The van der Waals surface area contributed by atoms with Gasteiger partial charge < -0.3 is 10.4 Å². The van der Waals surface area contributed by atoms with Crippen LogP contribution >= 0.6 is 0 Å². The normalized spacial score (nSPS) is 12.6. The van der Waals surface area contributed by atoms with Crippen molar-refractivity contribution in [2.24, 2.45) is 0 Å². The SMILES string of the molecule is CCCCCCc1ccc(C(O)CNC)cc1. The van der Waals surface area contributed by atoms with Crippen LogP contribution in [0.3, 0.4) is 0 Å². The third-order valence-corrected chi connectivity index (χ3v) is 3.08. The van der Waals surface area contributed by atoms with Crippen molar-refractivity contribution in [1.82, 2.24) is 5.32 Å². The van der Waals surface area contributed by atoms with Gasteiger partial charge in [-0.25, -0.2) is 0 Å². The van der Waals surface area contributed by atoms with Gasteiger partial charge in [0.25, 0.3) is 0 Å². The molecule has 0 amide bonds. The number of unbranched alkanes of at least 4 members (excludes halogenated alkanes) is 3. The predicted octanol–water partition coefficient (Wildman–Crippen LogP) is 3.06. The standard InChI is InChI=1S/C15H25NO/c1-3-4-5-6-7-13-8-10-14(11-9-13)15(17)12-16-2/h8-11,15-17H,3-7,12H2,1-2H3. The molecule has 2 N–H and O–H groups in total. The van der Waals surface area contributed by atoms with Crippen molar-refractivity contribution >= 4 is 0 Å². The van der Waals surface area contributed by atoms with E-state index in [2.05, 4.69) is 24.4 Å². The lowest BCUT2D eigenvalue weighted by molar-refractivity contribution is 0.178. The highest BCUT2D eigenvalue weighted by Gasteiger charge is 2.05. The molecule has 0 heterocycles. The second-order valence-corrected chi connectivity index (χ2v) is 4.63. The molecule has 0 spiro atoms. The van der Waals surface area contributed by atoms with Crippen LogP contribution in [0.2, 0.25) is 0 Å². The molecule has 1 unspecified atom stereocenters. The first-order chi connectivity index (χ1) is 8.27. The maximum Gasteiger partial charge on any atom is 0.0914 e. The largest absolute Gasteiger partial charge is 0.387 e. The third kappa shape index (κ3) is 5.33. The lowest BCUT2D eigenvalue weighted by Crippen LogP contribution is -2.16. The first-order valence-corrected chi connectivity index (χ1v) is 6.69. The summed E-state index contributed by atoms with van der Waals surface area (Å²) in [5.74, 6) is 0. The van der Waals surface area contributed by atoms with Gasteiger partial charge in [0.1, 0.15) is 0 Å². The van der Waals surface area contributed by atoms with Crippen LogP contribution in [-0.2, 0) is 6.42 Å². The molecule has 0 aliphatic heterocycles. The van der Waals surface area contributed by atoms with Gasteiger partial charge in [0, 0.05) is 6.54 Å². The van der Waals surface area contributed by atoms with Crippen molar-refractivity contribution < 1.29 is 5.11 Å². The highest BCUT2D eigenvalue weighted by atomic mass is 16.3. The van der Waals surface area contributed by atoms with Crippen LogP contribution in [0, 0.1) is 0 Å². The fourth-order valence-electron chi connectivity index (χ4n) is 1.97. The second kappa shape index (κ2) is 8.26. The fourth-order valence-corrected chi connectivity index (χ4v) is 1.97. The number of nitrogens with one attached hydrogen (secondary N) is 1. The van der Waals surface area contributed by atoms with Crippen molar-refractivity contribution in [1.29, 1.82) is 0 Å². The summed E-state index contributed by atoms with van der Waals surface area (Å²) in [6.45, 7) is 2.84. The third-order valence-electron chi connectivity index (χ3n) is 3.08.